The van der Waals surface area contributed by atoms with Crippen molar-refractivity contribution in [1.82, 2.24) is 4.98 Å². The summed E-state index contributed by atoms with van der Waals surface area (Å²) in [6.45, 7) is 3.26. The molecule has 21 heavy (non-hydrogen) atoms. The Kier molecular flexibility index (Phi) is 5.15. The van der Waals surface area contributed by atoms with Crippen LogP contribution in [0.15, 0.2) is 42.5 Å². The third-order valence-electron chi connectivity index (χ3n) is 2.89. The molecule has 1 aromatic carbocycles. The number of primary amides is 1. The quantitative estimate of drug-likeness (QED) is 0.819. The second-order valence-corrected chi connectivity index (χ2v) is 4.59. The van der Waals surface area contributed by atoms with E-state index in [0.717, 1.165) is 24.5 Å². The lowest BCUT2D eigenvalue weighted by Crippen LogP contribution is -2.13. The van der Waals surface area contributed by atoms with E-state index in [2.05, 4.69) is 17.2 Å². The number of carbonyl (C=O) groups is 1. The van der Waals surface area contributed by atoms with E-state index in [-0.39, 0.29) is 6.61 Å². The minimum Gasteiger partial charge on any atom is -0.486 e. The molecule has 0 bridgehead atoms. The molecule has 0 aliphatic rings. The molecule has 5 heteroatoms. The Morgan fingerprint density at radius 1 is 1.24 bits per heavy atom. The first-order valence-corrected chi connectivity index (χ1v) is 6.92. The van der Waals surface area contributed by atoms with Gasteiger partial charge in [0.05, 0.1) is 11.3 Å². The summed E-state index contributed by atoms with van der Waals surface area (Å²) in [6.07, 6.45) is 1.04. The van der Waals surface area contributed by atoms with Crippen LogP contribution in [0.2, 0.25) is 0 Å². The largest absolute Gasteiger partial charge is 0.486 e. The van der Waals surface area contributed by atoms with Crippen LogP contribution in [0.3, 0.4) is 0 Å². The summed E-state index contributed by atoms with van der Waals surface area (Å²) >= 11 is 0. The zero-order valence-electron chi connectivity index (χ0n) is 12.0. The number of amides is 1. The number of carbonyl (C=O) groups excluding carboxylic acids is 1. The van der Waals surface area contributed by atoms with Gasteiger partial charge in [0.25, 0.3) is 5.91 Å². The first-order chi connectivity index (χ1) is 10.2. The monoisotopic (exact) mass is 285 g/mol. The second kappa shape index (κ2) is 7.28. The minimum atomic E-state index is -0.503. The Balaban J connectivity index is 2.05. The molecule has 0 atom stereocenters. The fourth-order valence-corrected chi connectivity index (χ4v) is 1.86. The maximum absolute atomic E-state index is 11.3. The molecule has 2 aromatic rings. The second-order valence-electron chi connectivity index (χ2n) is 4.59. The van der Waals surface area contributed by atoms with E-state index in [4.69, 9.17) is 10.5 Å². The number of nitrogens with zero attached hydrogens (tertiary/aromatic N) is 1. The SMILES string of the molecule is CCCNc1cccc(COc2ccccc2C(N)=O)n1. The van der Waals surface area contributed by atoms with Gasteiger partial charge in [0, 0.05) is 6.54 Å². The fraction of sp³-hybridized carbons (Fsp3) is 0.250. The molecule has 1 heterocycles. The Labute approximate surface area is 124 Å². The first-order valence-electron chi connectivity index (χ1n) is 6.92. The van der Waals surface area contributed by atoms with Crippen molar-refractivity contribution in [2.45, 2.75) is 20.0 Å². The smallest absolute Gasteiger partial charge is 0.252 e. The van der Waals surface area contributed by atoms with E-state index >= 15 is 0 Å². The average molecular weight is 285 g/mol. The predicted octanol–water partition coefficient (Wildman–Crippen LogP) is 2.58. The highest BCUT2D eigenvalue weighted by molar-refractivity contribution is 5.95. The molecule has 0 spiro atoms. The molecule has 0 saturated carbocycles. The molecule has 110 valence electrons. The van der Waals surface area contributed by atoms with Gasteiger partial charge in [-0.1, -0.05) is 25.1 Å². The van der Waals surface area contributed by atoms with Crippen LogP contribution in [0, 0.1) is 0 Å². The van der Waals surface area contributed by atoms with Crippen molar-refractivity contribution in [3.8, 4) is 5.75 Å². The van der Waals surface area contributed by atoms with Crippen molar-refractivity contribution in [3.63, 3.8) is 0 Å². The minimum absolute atomic E-state index is 0.284. The van der Waals surface area contributed by atoms with Crippen LogP contribution in [0.1, 0.15) is 29.4 Å². The number of benzene rings is 1. The summed E-state index contributed by atoms with van der Waals surface area (Å²) < 4.78 is 5.65. The molecule has 1 amide bonds. The molecule has 0 aliphatic carbocycles. The highest BCUT2D eigenvalue weighted by Crippen LogP contribution is 2.18. The van der Waals surface area contributed by atoms with Gasteiger partial charge in [-0.15, -0.1) is 0 Å². The number of hydrogen-bond acceptors (Lipinski definition) is 4. The molecular weight excluding hydrogens is 266 g/mol. The van der Waals surface area contributed by atoms with Crippen molar-refractivity contribution < 1.29 is 9.53 Å². The number of nitrogens with two attached hydrogens (primary N) is 1. The lowest BCUT2D eigenvalue weighted by molar-refractivity contribution is 0.0996. The third kappa shape index (κ3) is 4.21. The van der Waals surface area contributed by atoms with Gasteiger partial charge in [-0.2, -0.15) is 0 Å². The molecule has 0 saturated heterocycles. The number of nitrogens with one attached hydrogen (secondary N) is 1. The van der Waals surface area contributed by atoms with E-state index in [1.54, 1.807) is 24.3 Å². The Bertz CT molecular complexity index is 614. The van der Waals surface area contributed by atoms with Crippen molar-refractivity contribution in [2.24, 2.45) is 5.73 Å². The van der Waals surface area contributed by atoms with Crippen LogP contribution in [-0.2, 0) is 6.61 Å². The molecule has 0 radical (unpaired) electrons. The van der Waals surface area contributed by atoms with E-state index in [1.165, 1.54) is 0 Å². The topological polar surface area (TPSA) is 77.2 Å². The van der Waals surface area contributed by atoms with E-state index in [9.17, 15) is 4.79 Å². The number of ether oxygens (including phenoxy) is 1. The van der Waals surface area contributed by atoms with Crippen LogP contribution in [-0.4, -0.2) is 17.4 Å². The van der Waals surface area contributed by atoms with Gasteiger partial charge >= 0.3 is 0 Å². The fourth-order valence-electron chi connectivity index (χ4n) is 1.86. The van der Waals surface area contributed by atoms with Crippen LogP contribution in [0.5, 0.6) is 5.75 Å². The van der Waals surface area contributed by atoms with Crippen molar-refractivity contribution >= 4 is 11.7 Å². The number of pyridine rings is 1. The molecule has 0 aliphatic heterocycles. The summed E-state index contributed by atoms with van der Waals surface area (Å²) in [5.41, 5.74) is 6.48. The number of anilines is 1. The molecule has 2 rings (SSSR count). The van der Waals surface area contributed by atoms with Gasteiger partial charge < -0.3 is 15.8 Å². The summed E-state index contributed by atoms with van der Waals surface area (Å²) in [6, 6.07) is 12.6. The van der Waals surface area contributed by atoms with Crippen molar-refractivity contribution in [1.29, 1.82) is 0 Å². The maximum atomic E-state index is 11.3. The summed E-state index contributed by atoms with van der Waals surface area (Å²) in [5.74, 6) is 0.789. The molecule has 0 fully saturated rings. The van der Waals surface area contributed by atoms with Crippen LogP contribution in [0.4, 0.5) is 5.82 Å². The van der Waals surface area contributed by atoms with Crippen molar-refractivity contribution in [3.05, 3.63) is 53.7 Å². The van der Waals surface area contributed by atoms with Crippen LogP contribution in [0.25, 0.3) is 0 Å². The van der Waals surface area contributed by atoms with Crippen LogP contribution >= 0.6 is 0 Å². The van der Waals surface area contributed by atoms with Crippen molar-refractivity contribution in [2.75, 3.05) is 11.9 Å². The third-order valence-corrected chi connectivity index (χ3v) is 2.89. The molecular formula is C16H19N3O2. The van der Waals surface area contributed by atoms with Gasteiger partial charge in [-0.3, -0.25) is 4.79 Å². The molecule has 0 unspecified atom stereocenters. The Hall–Kier alpha value is -2.56. The number of rotatable bonds is 7. The summed E-state index contributed by atoms with van der Waals surface area (Å²) in [4.78, 5) is 15.8. The zero-order valence-corrected chi connectivity index (χ0v) is 12.0. The summed E-state index contributed by atoms with van der Waals surface area (Å²) in [5, 5.41) is 3.22. The lowest BCUT2D eigenvalue weighted by atomic mass is 10.2. The van der Waals surface area contributed by atoms with E-state index in [0.29, 0.717) is 11.3 Å². The molecule has 5 nitrogen and oxygen atoms in total. The van der Waals surface area contributed by atoms with Crippen LogP contribution < -0.4 is 15.8 Å². The maximum Gasteiger partial charge on any atom is 0.252 e. The highest BCUT2D eigenvalue weighted by Gasteiger charge is 2.08. The Morgan fingerprint density at radius 3 is 2.81 bits per heavy atom. The Morgan fingerprint density at radius 2 is 2.05 bits per heavy atom. The van der Waals surface area contributed by atoms with Gasteiger partial charge in [0.2, 0.25) is 0 Å². The lowest BCUT2D eigenvalue weighted by Gasteiger charge is -2.10. The van der Waals surface area contributed by atoms with Gasteiger partial charge in [-0.25, -0.2) is 4.98 Å². The molecule has 1 aromatic heterocycles. The zero-order chi connectivity index (χ0) is 15.1. The normalized spacial score (nSPS) is 10.1. The molecule has 3 N–H and O–H groups in total. The van der Waals surface area contributed by atoms with Gasteiger partial charge in [0.1, 0.15) is 18.2 Å². The highest BCUT2D eigenvalue weighted by atomic mass is 16.5. The van der Waals surface area contributed by atoms with E-state index < -0.39 is 5.91 Å². The number of para-hydroxylation sites is 1. The summed E-state index contributed by atoms with van der Waals surface area (Å²) in [7, 11) is 0. The van der Waals surface area contributed by atoms with Gasteiger partial charge in [-0.05, 0) is 30.7 Å². The van der Waals surface area contributed by atoms with Gasteiger partial charge in [0.15, 0.2) is 0 Å². The predicted molar refractivity (Wildman–Crippen MR) is 82.3 cm³/mol. The van der Waals surface area contributed by atoms with E-state index in [1.807, 2.05) is 18.2 Å². The number of hydrogen-bond donors (Lipinski definition) is 2. The number of aromatic nitrogens is 1. The first kappa shape index (κ1) is 14.8. The standard InChI is InChI=1S/C16H19N3O2/c1-2-10-18-15-9-5-6-12(19-15)11-21-14-8-4-3-7-13(14)16(17)20/h3-9H,2,10-11H2,1H3,(H2,17,20)(H,18,19). The average Bonchev–Trinajstić information content (AvgIpc) is 2.51.